The molecule has 3 N–H and O–H groups in total. The minimum absolute atomic E-state index is 0.0181. The lowest BCUT2D eigenvalue weighted by Crippen LogP contribution is -2.31. The van der Waals surface area contributed by atoms with Crippen molar-refractivity contribution in [3.63, 3.8) is 0 Å². The summed E-state index contributed by atoms with van der Waals surface area (Å²) in [5, 5.41) is 3.07. The standard InChI is InChI=1S/C24H21F3N4O2/c1-15(29-14-22(28)32)23-30-20-4-2-3-5-21(20)31(23)17-8-12-19(13-9-17)33-18-10-6-16(7-11-18)24(25,26)27/h2-13,15,29H,14H2,1H3,(H2,28,32). The third-order valence-corrected chi connectivity index (χ3v) is 5.07. The number of alkyl halides is 3. The molecule has 6 nitrogen and oxygen atoms in total. The van der Waals surface area contributed by atoms with E-state index in [0.717, 1.165) is 28.9 Å². The second-order valence-corrected chi connectivity index (χ2v) is 7.48. The van der Waals surface area contributed by atoms with Crippen molar-refractivity contribution in [3.05, 3.63) is 84.2 Å². The highest BCUT2D eigenvalue weighted by Crippen LogP contribution is 2.32. The van der Waals surface area contributed by atoms with Gasteiger partial charge in [-0.3, -0.25) is 14.7 Å². The number of ether oxygens (including phenoxy) is 1. The van der Waals surface area contributed by atoms with E-state index < -0.39 is 17.6 Å². The number of benzene rings is 3. The Bertz CT molecular complexity index is 1270. The predicted molar refractivity (Wildman–Crippen MR) is 118 cm³/mol. The number of fused-ring (bicyclic) bond motifs is 1. The van der Waals surface area contributed by atoms with Crippen LogP contribution >= 0.6 is 0 Å². The van der Waals surface area contributed by atoms with Gasteiger partial charge in [0.15, 0.2) is 0 Å². The third kappa shape index (κ3) is 4.98. The van der Waals surface area contributed by atoms with Gasteiger partial charge in [-0.15, -0.1) is 0 Å². The summed E-state index contributed by atoms with van der Waals surface area (Å²) in [7, 11) is 0. The lowest BCUT2D eigenvalue weighted by atomic mass is 10.2. The number of primary amides is 1. The Kier molecular flexibility index (Phi) is 6.06. The fourth-order valence-electron chi connectivity index (χ4n) is 3.46. The largest absolute Gasteiger partial charge is 0.457 e. The van der Waals surface area contributed by atoms with Crippen LogP contribution in [0.15, 0.2) is 72.8 Å². The third-order valence-electron chi connectivity index (χ3n) is 5.07. The number of nitrogens with zero attached hydrogens (tertiary/aromatic N) is 2. The van der Waals surface area contributed by atoms with E-state index in [-0.39, 0.29) is 12.6 Å². The van der Waals surface area contributed by atoms with E-state index in [1.165, 1.54) is 12.1 Å². The lowest BCUT2D eigenvalue weighted by Gasteiger charge is -2.16. The maximum Gasteiger partial charge on any atom is 0.416 e. The first kappa shape index (κ1) is 22.3. The number of amides is 1. The molecule has 170 valence electrons. The summed E-state index contributed by atoms with van der Waals surface area (Å²) in [4.78, 5) is 15.9. The zero-order valence-electron chi connectivity index (χ0n) is 17.6. The van der Waals surface area contributed by atoms with E-state index >= 15 is 0 Å². The van der Waals surface area contributed by atoms with Gasteiger partial charge in [-0.05, 0) is 67.6 Å². The molecule has 1 unspecified atom stereocenters. The van der Waals surface area contributed by atoms with Gasteiger partial charge in [-0.2, -0.15) is 13.2 Å². The number of imidazole rings is 1. The van der Waals surface area contributed by atoms with Crippen molar-refractivity contribution in [2.24, 2.45) is 5.73 Å². The summed E-state index contributed by atoms with van der Waals surface area (Å²) in [6.45, 7) is 1.91. The molecule has 0 fully saturated rings. The zero-order valence-corrected chi connectivity index (χ0v) is 17.6. The second kappa shape index (κ2) is 8.95. The van der Waals surface area contributed by atoms with Gasteiger partial charge >= 0.3 is 6.18 Å². The van der Waals surface area contributed by atoms with Crippen LogP contribution in [0.4, 0.5) is 13.2 Å². The number of halogens is 3. The minimum atomic E-state index is -4.39. The number of aromatic nitrogens is 2. The molecule has 0 spiro atoms. The number of carbonyl (C=O) groups excluding carboxylic acids is 1. The Labute approximate surface area is 187 Å². The van der Waals surface area contributed by atoms with Crippen LogP contribution in [-0.2, 0) is 11.0 Å². The molecule has 4 rings (SSSR count). The number of rotatable bonds is 7. The molecule has 3 aromatic carbocycles. The van der Waals surface area contributed by atoms with E-state index in [4.69, 9.17) is 15.5 Å². The molecule has 1 aromatic heterocycles. The average Bonchev–Trinajstić information content (AvgIpc) is 3.17. The summed E-state index contributed by atoms with van der Waals surface area (Å²) in [5.74, 6) is 1.02. The van der Waals surface area contributed by atoms with E-state index in [1.807, 2.05) is 47.9 Å². The number of carbonyl (C=O) groups is 1. The maximum absolute atomic E-state index is 12.7. The summed E-state index contributed by atoms with van der Waals surface area (Å²) >= 11 is 0. The molecular formula is C24H21F3N4O2. The van der Waals surface area contributed by atoms with Crippen molar-refractivity contribution in [2.45, 2.75) is 19.1 Å². The molecule has 0 saturated carbocycles. The highest BCUT2D eigenvalue weighted by atomic mass is 19.4. The fourth-order valence-corrected chi connectivity index (χ4v) is 3.46. The van der Waals surface area contributed by atoms with E-state index in [2.05, 4.69) is 5.32 Å². The maximum atomic E-state index is 12.7. The molecule has 1 amide bonds. The molecule has 0 aliphatic carbocycles. The molecule has 1 atom stereocenters. The SMILES string of the molecule is CC(NCC(N)=O)c1nc2ccccc2n1-c1ccc(Oc2ccc(C(F)(F)F)cc2)cc1. The van der Waals surface area contributed by atoms with Crippen molar-refractivity contribution in [1.29, 1.82) is 0 Å². The number of para-hydroxylation sites is 2. The number of hydrogen-bond donors (Lipinski definition) is 2. The summed E-state index contributed by atoms with van der Waals surface area (Å²) in [5.41, 5.74) is 7.02. The minimum Gasteiger partial charge on any atom is -0.457 e. The van der Waals surface area contributed by atoms with E-state index in [0.29, 0.717) is 17.3 Å². The highest BCUT2D eigenvalue weighted by Gasteiger charge is 2.30. The monoisotopic (exact) mass is 454 g/mol. The smallest absolute Gasteiger partial charge is 0.416 e. The molecule has 9 heteroatoms. The topological polar surface area (TPSA) is 82.2 Å². The van der Waals surface area contributed by atoms with Crippen molar-refractivity contribution < 1.29 is 22.7 Å². The van der Waals surface area contributed by atoms with Crippen LogP contribution in [0.3, 0.4) is 0 Å². The van der Waals surface area contributed by atoms with Crippen LogP contribution in [0.5, 0.6) is 11.5 Å². The van der Waals surface area contributed by atoms with Crippen LogP contribution in [0.1, 0.15) is 24.4 Å². The molecule has 4 aromatic rings. The molecule has 0 aliphatic heterocycles. The van der Waals surface area contributed by atoms with E-state index in [1.54, 1.807) is 12.1 Å². The van der Waals surface area contributed by atoms with Crippen molar-refractivity contribution in [2.75, 3.05) is 6.54 Å². The molecule has 0 radical (unpaired) electrons. The van der Waals surface area contributed by atoms with Crippen molar-refractivity contribution in [1.82, 2.24) is 14.9 Å². The fraction of sp³-hybridized carbons (Fsp3) is 0.167. The summed E-state index contributed by atoms with van der Waals surface area (Å²) in [6.07, 6.45) is -4.39. The van der Waals surface area contributed by atoms with Gasteiger partial charge in [0, 0.05) is 5.69 Å². The van der Waals surface area contributed by atoms with Crippen LogP contribution in [-0.4, -0.2) is 22.0 Å². The van der Waals surface area contributed by atoms with Crippen LogP contribution in [0, 0.1) is 0 Å². The average molecular weight is 454 g/mol. The zero-order chi connectivity index (χ0) is 23.6. The molecule has 0 bridgehead atoms. The predicted octanol–water partition coefficient (Wildman–Crippen LogP) is 4.97. The lowest BCUT2D eigenvalue weighted by molar-refractivity contribution is -0.137. The van der Waals surface area contributed by atoms with Gasteiger partial charge in [0.05, 0.1) is 29.2 Å². The summed E-state index contributed by atoms with van der Waals surface area (Å²) < 4.78 is 45.9. The number of nitrogens with two attached hydrogens (primary N) is 1. The molecular weight excluding hydrogens is 433 g/mol. The van der Waals surface area contributed by atoms with Crippen LogP contribution in [0.2, 0.25) is 0 Å². The normalized spacial score (nSPS) is 12.6. The van der Waals surface area contributed by atoms with Crippen LogP contribution < -0.4 is 15.8 Å². The van der Waals surface area contributed by atoms with Gasteiger partial charge in [0.2, 0.25) is 5.91 Å². The Morgan fingerprint density at radius 1 is 1.03 bits per heavy atom. The Morgan fingerprint density at radius 3 is 2.24 bits per heavy atom. The first-order valence-corrected chi connectivity index (χ1v) is 10.2. The van der Waals surface area contributed by atoms with Gasteiger partial charge < -0.3 is 10.5 Å². The molecule has 0 saturated heterocycles. The molecule has 1 heterocycles. The Hall–Kier alpha value is -3.85. The van der Waals surface area contributed by atoms with Gasteiger partial charge in [0.1, 0.15) is 17.3 Å². The Balaban J connectivity index is 1.61. The quantitative estimate of drug-likeness (QED) is 0.413. The van der Waals surface area contributed by atoms with Gasteiger partial charge in [0.25, 0.3) is 0 Å². The Morgan fingerprint density at radius 2 is 1.64 bits per heavy atom. The molecule has 0 aliphatic rings. The molecule has 33 heavy (non-hydrogen) atoms. The summed E-state index contributed by atoms with van der Waals surface area (Å²) in [6, 6.07) is 19.0. The second-order valence-electron chi connectivity index (χ2n) is 7.48. The van der Waals surface area contributed by atoms with E-state index in [9.17, 15) is 18.0 Å². The first-order chi connectivity index (χ1) is 15.7. The highest BCUT2D eigenvalue weighted by molar-refractivity contribution is 5.78. The number of nitrogens with one attached hydrogen (secondary N) is 1. The van der Waals surface area contributed by atoms with Crippen LogP contribution in [0.25, 0.3) is 16.7 Å². The van der Waals surface area contributed by atoms with Crippen molar-refractivity contribution >= 4 is 16.9 Å². The van der Waals surface area contributed by atoms with Gasteiger partial charge in [-0.1, -0.05) is 12.1 Å². The van der Waals surface area contributed by atoms with Gasteiger partial charge in [-0.25, -0.2) is 4.98 Å². The van der Waals surface area contributed by atoms with Crippen molar-refractivity contribution in [3.8, 4) is 17.2 Å². The number of hydrogen-bond acceptors (Lipinski definition) is 4. The first-order valence-electron chi connectivity index (χ1n) is 10.2.